The Morgan fingerprint density at radius 2 is 1.20 bits per heavy atom. The first-order valence-electron chi connectivity index (χ1n) is 7.13. The van der Waals surface area contributed by atoms with Crippen LogP contribution in [0, 0.1) is 0 Å². The summed E-state index contributed by atoms with van der Waals surface area (Å²) in [6, 6.07) is 12.4. The molecule has 0 aliphatic rings. The van der Waals surface area contributed by atoms with Crippen LogP contribution < -0.4 is 0 Å². The Morgan fingerprint density at radius 3 is 1.80 bits per heavy atom. The van der Waals surface area contributed by atoms with Crippen LogP contribution in [-0.4, -0.2) is 23.0 Å². The van der Waals surface area contributed by atoms with E-state index in [0.717, 1.165) is 0 Å². The molecule has 0 radical (unpaired) electrons. The monoisotopic (exact) mass is 361 g/mol. The van der Waals surface area contributed by atoms with Gasteiger partial charge in [-0.25, -0.2) is 0 Å². The van der Waals surface area contributed by atoms with Crippen LogP contribution in [0.15, 0.2) is 48.5 Å². The molecule has 1 aromatic heterocycles. The maximum Gasteiger partial charge on any atom is 0.459 e. The largest absolute Gasteiger partial charge is 0.459 e. The second-order valence-corrected chi connectivity index (χ2v) is 5.57. The molecule has 132 valence electrons. The maximum atomic E-state index is 13.8. The van der Waals surface area contributed by atoms with Gasteiger partial charge in [0.2, 0.25) is 0 Å². The summed E-state index contributed by atoms with van der Waals surface area (Å²) in [5.41, 5.74) is -0.273. The van der Waals surface area contributed by atoms with E-state index in [-0.39, 0.29) is 10.9 Å². The van der Waals surface area contributed by atoms with Crippen LogP contribution in [-0.2, 0) is 6.42 Å². The summed E-state index contributed by atoms with van der Waals surface area (Å²) < 4.78 is 91.1. The van der Waals surface area contributed by atoms with Crippen molar-refractivity contribution in [3.8, 4) is 0 Å². The molecule has 3 rings (SSSR count). The van der Waals surface area contributed by atoms with E-state index in [1.54, 1.807) is 30.3 Å². The van der Waals surface area contributed by atoms with Crippen molar-refractivity contribution in [3.63, 3.8) is 0 Å². The van der Waals surface area contributed by atoms with Crippen LogP contribution in [0.3, 0.4) is 0 Å². The van der Waals surface area contributed by atoms with Crippen molar-refractivity contribution >= 4 is 21.7 Å². The van der Waals surface area contributed by atoms with Gasteiger partial charge >= 0.3 is 18.0 Å². The standard InChI is InChI=1S/C17H10F7N/c18-15(19,16(20,21)17(22,23)24)9-14-12-7-2-1-5-10(12)11-6-3-4-8-13(11)25-14/h1-8H,9H2. The first kappa shape index (κ1) is 17.4. The molecule has 1 nitrogen and oxygen atoms in total. The molecule has 0 amide bonds. The Balaban J connectivity index is 2.18. The highest BCUT2D eigenvalue weighted by Crippen LogP contribution is 2.48. The number of aromatic nitrogens is 1. The molecule has 0 bridgehead atoms. The van der Waals surface area contributed by atoms with Crippen molar-refractivity contribution in [1.29, 1.82) is 0 Å². The second kappa shape index (κ2) is 5.57. The minimum Gasteiger partial charge on any atom is -0.252 e. The van der Waals surface area contributed by atoms with E-state index < -0.39 is 30.1 Å². The minimum atomic E-state index is -6.36. The number of para-hydroxylation sites is 1. The van der Waals surface area contributed by atoms with Gasteiger partial charge in [0.15, 0.2) is 0 Å². The van der Waals surface area contributed by atoms with Crippen LogP contribution in [0.2, 0.25) is 0 Å². The fourth-order valence-corrected chi connectivity index (χ4v) is 2.64. The lowest BCUT2D eigenvalue weighted by Gasteiger charge is -2.28. The Kier molecular flexibility index (Phi) is 3.89. The number of benzene rings is 2. The van der Waals surface area contributed by atoms with Gasteiger partial charge in [-0.15, -0.1) is 0 Å². The minimum absolute atomic E-state index is 0.110. The number of rotatable bonds is 3. The van der Waals surface area contributed by atoms with E-state index in [0.29, 0.717) is 10.8 Å². The van der Waals surface area contributed by atoms with E-state index in [2.05, 4.69) is 4.98 Å². The van der Waals surface area contributed by atoms with Gasteiger partial charge in [-0.05, 0) is 11.5 Å². The summed E-state index contributed by atoms with van der Waals surface area (Å²) in [6.07, 6.45) is -8.19. The molecule has 8 heteroatoms. The molecule has 0 saturated carbocycles. The quantitative estimate of drug-likeness (QED) is 0.427. The van der Waals surface area contributed by atoms with Crippen molar-refractivity contribution < 1.29 is 30.7 Å². The zero-order valence-electron chi connectivity index (χ0n) is 12.4. The van der Waals surface area contributed by atoms with Crippen LogP contribution in [0.4, 0.5) is 30.7 Å². The molecule has 0 fully saturated rings. The Morgan fingerprint density at radius 1 is 0.680 bits per heavy atom. The van der Waals surface area contributed by atoms with Crippen LogP contribution in [0.5, 0.6) is 0 Å². The zero-order valence-corrected chi connectivity index (χ0v) is 12.4. The Hall–Kier alpha value is -2.38. The van der Waals surface area contributed by atoms with E-state index in [9.17, 15) is 30.7 Å². The van der Waals surface area contributed by atoms with Gasteiger partial charge in [-0.1, -0.05) is 42.5 Å². The highest BCUT2D eigenvalue weighted by molar-refractivity contribution is 6.06. The first-order chi connectivity index (χ1) is 11.5. The van der Waals surface area contributed by atoms with Crippen molar-refractivity contribution in [3.05, 3.63) is 54.2 Å². The molecule has 1 heterocycles. The van der Waals surface area contributed by atoms with Crippen molar-refractivity contribution in [2.24, 2.45) is 0 Å². The lowest BCUT2D eigenvalue weighted by molar-refractivity contribution is -0.354. The molecule has 0 saturated heterocycles. The molecule has 3 aromatic rings. The number of fused-ring (bicyclic) bond motifs is 3. The third-order valence-electron chi connectivity index (χ3n) is 3.89. The van der Waals surface area contributed by atoms with Gasteiger partial charge in [0, 0.05) is 10.8 Å². The lowest BCUT2D eigenvalue weighted by atomic mass is 9.98. The number of hydrogen-bond acceptors (Lipinski definition) is 1. The Labute approximate surface area is 137 Å². The molecule has 0 spiro atoms. The van der Waals surface area contributed by atoms with Crippen molar-refractivity contribution in [2.45, 2.75) is 24.4 Å². The number of alkyl halides is 7. The van der Waals surface area contributed by atoms with Gasteiger partial charge < -0.3 is 0 Å². The summed E-state index contributed by atoms with van der Waals surface area (Å²) in [7, 11) is 0. The SMILES string of the molecule is FC(F)(F)C(F)(F)C(F)(F)Cc1nc2ccccc2c2ccccc12. The Bertz CT molecular complexity index is 931. The van der Waals surface area contributed by atoms with Crippen molar-refractivity contribution in [1.82, 2.24) is 4.98 Å². The number of pyridine rings is 1. The number of halogens is 7. The molecule has 0 aliphatic carbocycles. The molecule has 0 unspecified atom stereocenters. The van der Waals surface area contributed by atoms with Gasteiger partial charge in [0.1, 0.15) is 0 Å². The predicted octanol–water partition coefficient (Wildman–Crippen LogP) is 5.76. The first-order valence-corrected chi connectivity index (χ1v) is 7.13. The summed E-state index contributed by atoms with van der Waals surface area (Å²) in [5, 5.41) is 1.15. The number of nitrogens with zero attached hydrogens (tertiary/aromatic N) is 1. The highest BCUT2D eigenvalue weighted by Gasteiger charge is 2.72. The van der Waals surface area contributed by atoms with Gasteiger partial charge in [0.25, 0.3) is 0 Å². The van der Waals surface area contributed by atoms with E-state index in [4.69, 9.17) is 0 Å². The number of hydrogen-bond donors (Lipinski definition) is 0. The van der Waals surface area contributed by atoms with E-state index >= 15 is 0 Å². The van der Waals surface area contributed by atoms with Crippen LogP contribution in [0.1, 0.15) is 5.69 Å². The van der Waals surface area contributed by atoms with E-state index in [1.165, 1.54) is 18.2 Å². The normalized spacial score (nSPS) is 13.6. The third-order valence-corrected chi connectivity index (χ3v) is 3.89. The average molecular weight is 361 g/mol. The summed E-state index contributed by atoms with van der Waals surface area (Å²) in [5.74, 6) is -11.5. The van der Waals surface area contributed by atoms with Gasteiger partial charge in [0.05, 0.1) is 17.6 Å². The summed E-state index contributed by atoms with van der Waals surface area (Å²) >= 11 is 0. The lowest BCUT2D eigenvalue weighted by Crippen LogP contribution is -2.53. The molecule has 0 atom stereocenters. The molecule has 25 heavy (non-hydrogen) atoms. The van der Waals surface area contributed by atoms with Gasteiger partial charge in [-0.2, -0.15) is 30.7 Å². The zero-order chi connectivity index (χ0) is 18.5. The van der Waals surface area contributed by atoms with Crippen molar-refractivity contribution in [2.75, 3.05) is 0 Å². The summed E-state index contributed by atoms with van der Waals surface area (Å²) in [4.78, 5) is 3.90. The predicted molar refractivity (Wildman–Crippen MR) is 78.9 cm³/mol. The summed E-state index contributed by atoms with van der Waals surface area (Å²) in [6.45, 7) is 0. The molecule has 0 N–H and O–H groups in total. The van der Waals surface area contributed by atoms with Crippen LogP contribution in [0.25, 0.3) is 21.7 Å². The maximum absolute atomic E-state index is 13.8. The third kappa shape index (κ3) is 2.79. The highest BCUT2D eigenvalue weighted by atomic mass is 19.4. The fourth-order valence-electron chi connectivity index (χ4n) is 2.64. The molecular weight excluding hydrogens is 351 g/mol. The molecule has 0 aliphatic heterocycles. The molecular formula is C17H10F7N. The fraction of sp³-hybridized carbons (Fsp3) is 0.235. The van der Waals surface area contributed by atoms with Crippen LogP contribution >= 0.6 is 0 Å². The topological polar surface area (TPSA) is 12.9 Å². The van der Waals surface area contributed by atoms with E-state index in [1.807, 2.05) is 0 Å². The molecule has 2 aromatic carbocycles. The smallest absolute Gasteiger partial charge is 0.252 e. The van der Waals surface area contributed by atoms with Gasteiger partial charge in [-0.3, -0.25) is 4.98 Å². The second-order valence-electron chi connectivity index (χ2n) is 5.57. The average Bonchev–Trinajstić information content (AvgIpc) is 2.53.